The molecule has 0 aliphatic carbocycles. The molecular formula is C14H13Cl2NO. The number of alkyl halides is 1. The van der Waals surface area contributed by atoms with Gasteiger partial charge in [0.15, 0.2) is 0 Å². The number of ether oxygens (including phenoxy) is 1. The molecule has 0 unspecified atom stereocenters. The van der Waals surface area contributed by atoms with Gasteiger partial charge in [-0.25, -0.2) is 0 Å². The van der Waals surface area contributed by atoms with E-state index in [1.54, 1.807) is 6.20 Å². The smallest absolute Gasteiger partial charge is 0.125 e. The zero-order valence-electron chi connectivity index (χ0n) is 9.77. The lowest BCUT2D eigenvalue weighted by molar-refractivity contribution is 0.319. The van der Waals surface area contributed by atoms with Crippen molar-refractivity contribution in [3.8, 4) is 5.75 Å². The Morgan fingerprint density at radius 2 is 2.06 bits per heavy atom. The summed E-state index contributed by atoms with van der Waals surface area (Å²) in [6.07, 6.45) is 4.40. The summed E-state index contributed by atoms with van der Waals surface area (Å²) in [5.74, 6) is 1.10. The van der Waals surface area contributed by atoms with Gasteiger partial charge in [-0.15, -0.1) is 11.6 Å². The van der Waals surface area contributed by atoms with E-state index >= 15 is 0 Å². The molecule has 18 heavy (non-hydrogen) atoms. The highest BCUT2D eigenvalue weighted by molar-refractivity contribution is 6.32. The van der Waals surface area contributed by atoms with Gasteiger partial charge in [0, 0.05) is 29.4 Å². The average Bonchev–Trinajstić information content (AvgIpc) is 2.40. The number of nitrogens with zero attached hydrogens (tertiary/aromatic N) is 1. The van der Waals surface area contributed by atoms with Gasteiger partial charge in [-0.2, -0.15) is 0 Å². The summed E-state index contributed by atoms with van der Waals surface area (Å²) in [5.41, 5.74) is 1.99. The highest BCUT2D eigenvalue weighted by Gasteiger charge is 2.06. The number of aromatic nitrogens is 1. The molecule has 1 aromatic heterocycles. The lowest BCUT2D eigenvalue weighted by Gasteiger charge is -2.11. The van der Waals surface area contributed by atoms with Gasteiger partial charge in [-0.3, -0.25) is 4.98 Å². The van der Waals surface area contributed by atoms with Crippen LogP contribution >= 0.6 is 23.2 Å². The van der Waals surface area contributed by atoms with Crippen molar-refractivity contribution in [1.29, 1.82) is 0 Å². The molecule has 0 amide bonds. The van der Waals surface area contributed by atoms with Crippen molar-refractivity contribution in [2.75, 3.05) is 6.61 Å². The summed E-state index contributed by atoms with van der Waals surface area (Å²) in [7, 11) is 0. The normalized spacial score (nSPS) is 10.3. The second-order valence-electron chi connectivity index (χ2n) is 3.81. The third-order valence-corrected chi connectivity index (χ3v) is 3.20. The quantitative estimate of drug-likeness (QED) is 0.770. The Kier molecular flexibility index (Phi) is 4.85. The highest BCUT2D eigenvalue weighted by Crippen LogP contribution is 2.27. The van der Waals surface area contributed by atoms with E-state index in [-0.39, 0.29) is 0 Å². The van der Waals surface area contributed by atoms with Crippen LogP contribution in [0.15, 0.2) is 42.7 Å². The van der Waals surface area contributed by atoms with E-state index in [0.29, 0.717) is 17.5 Å². The number of hydrogen-bond donors (Lipinski definition) is 0. The summed E-state index contributed by atoms with van der Waals surface area (Å²) >= 11 is 11.9. The van der Waals surface area contributed by atoms with Crippen LogP contribution in [0.5, 0.6) is 5.75 Å². The first-order valence-electron chi connectivity index (χ1n) is 5.66. The molecule has 0 atom stereocenters. The van der Waals surface area contributed by atoms with Crippen LogP contribution in [-0.4, -0.2) is 11.6 Å². The Labute approximate surface area is 117 Å². The highest BCUT2D eigenvalue weighted by atomic mass is 35.5. The van der Waals surface area contributed by atoms with Crippen molar-refractivity contribution in [2.45, 2.75) is 12.3 Å². The van der Waals surface area contributed by atoms with Crippen molar-refractivity contribution in [3.05, 3.63) is 58.9 Å². The van der Waals surface area contributed by atoms with Crippen LogP contribution in [0.2, 0.25) is 5.02 Å². The zero-order valence-corrected chi connectivity index (χ0v) is 11.3. The molecule has 0 bridgehead atoms. The van der Waals surface area contributed by atoms with Crippen LogP contribution in [0.25, 0.3) is 0 Å². The van der Waals surface area contributed by atoms with Crippen LogP contribution in [0.4, 0.5) is 0 Å². The van der Waals surface area contributed by atoms with E-state index in [4.69, 9.17) is 27.9 Å². The molecule has 0 aliphatic rings. The Morgan fingerprint density at radius 3 is 2.78 bits per heavy atom. The van der Waals surface area contributed by atoms with Crippen LogP contribution in [0.1, 0.15) is 11.1 Å². The molecule has 94 valence electrons. The number of rotatable bonds is 5. The molecule has 2 aromatic rings. The molecule has 1 aromatic carbocycles. The number of hydrogen-bond acceptors (Lipinski definition) is 2. The van der Waals surface area contributed by atoms with Gasteiger partial charge >= 0.3 is 0 Å². The fraction of sp³-hybridized carbons (Fsp3) is 0.214. The Balaban J connectivity index is 1.96. The van der Waals surface area contributed by atoms with Gasteiger partial charge < -0.3 is 4.74 Å². The van der Waals surface area contributed by atoms with Gasteiger partial charge in [0.2, 0.25) is 0 Å². The summed E-state index contributed by atoms with van der Waals surface area (Å²) in [4.78, 5) is 4.06. The third kappa shape index (κ3) is 3.37. The maximum absolute atomic E-state index is 6.05. The van der Waals surface area contributed by atoms with E-state index in [1.807, 2.05) is 36.5 Å². The number of pyridine rings is 1. The largest absolute Gasteiger partial charge is 0.493 e. The molecule has 0 saturated carbocycles. The zero-order chi connectivity index (χ0) is 12.8. The first kappa shape index (κ1) is 13.2. The molecule has 4 heteroatoms. The summed E-state index contributed by atoms with van der Waals surface area (Å²) in [6, 6.07) is 9.49. The Hall–Kier alpha value is -1.25. The molecule has 0 N–H and O–H groups in total. The number of benzene rings is 1. The molecule has 0 fully saturated rings. The van der Waals surface area contributed by atoms with Crippen LogP contribution in [-0.2, 0) is 12.3 Å². The lowest BCUT2D eigenvalue weighted by atomic mass is 10.2. The van der Waals surface area contributed by atoms with Crippen molar-refractivity contribution < 1.29 is 4.74 Å². The fourth-order valence-corrected chi connectivity index (χ4v) is 2.21. The third-order valence-electron chi connectivity index (χ3n) is 2.58. The standard InChI is InChI=1S/C14H13Cl2NO/c15-9-12-13(16)4-1-5-14(12)18-8-6-11-3-2-7-17-10-11/h1-5,7,10H,6,8-9H2. The predicted octanol–water partition coefficient (Wildman–Crippen LogP) is 4.10. The molecule has 0 spiro atoms. The summed E-state index contributed by atoms with van der Waals surface area (Å²) < 4.78 is 5.72. The minimum Gasteiger partial charge on any atom is -0.493 e. The van der Waals surface area contributed by atoms with E-state index in [9.17, 15) is 0 Å². The van der Waals surface area contributed by atoms with Crippen molar-refractivity contribution in [2.24, 2.45) is 0 Å². The minimum absolute atomic E-state index is 0.349. The minimum atomic E-state index is 0.349. The maximum atomic E-state index is 6.05. The van der Waals surface area contributed by atoms with E-state index in [2.05, 4.69) is 4.98 Å². The van der Waals surface area contributed by atoms with Gasteiger partial charge in [0.1, 0.15) is 5.75 Å². The topological polar surface area (TPSA) is 22.1 Å². The molecule has 2 nitrogen and oxygen atoms in total. The predicted molar refractivity (Wildman–Crippen MR) is 74.4 cm³/mol. The Bertz CT molecular complexity index is 502. The molecule has 1 heterocycles. The van der Waals surface area contributed by atoms with E-state index < -0.39 is 0 Å². The molecule has 0 saturated heterocycles. The average molecular weight is 282 g/mol. The van der Waals surface area contributed by atoms with Crippen LogP contribution < -0.4 is 4.74 Å². The van der Waals surface area contributed by atoms with Gasteiger partial charge in [0.25, 0.3) is 0 Å². The second kappa shape index (κ2) is 6.62. The number of halogens is 2. The first-order chi connectivity index (χ1) is 8.81. The maximum Gasteiger partial charge on any atom is 0.125 e. The van der Waals surface area contributed by atoms with E-state index in [0.717, 1.165) is 23.3 Å². The molecule has 2 rings (SSSR count). The van der Waals surface area contributed by atoms with Crippen LogP contribution in [0, 0.1) is 0 Å². The van der Waals surface area contributed by atoms with E-state index in [1.165, 1.54) is 0 Å². The van der Waals surface area contributed by atoms with Crippen molar-refractivity contribution in [1.82, 2.24) is 4.98 Å². The summed E-state index contributed by atoms with van der Waals surface area (Å²) in [6.45, 7) is 0.579. The fourth-order valence-electron chi connectivity index (χ4n) is 1.63. The van der Waals surface area contributed by atoms with Crippen molar-refractivity contribution in [3.63, 3.8) is 0 Å². The van der Waals surface area contributed by atoms with Gasteiger partial charge in [-0.05, 0) is 23.8 Å². The molecule has 0 radical (unpaired) electrons. The summed E-state index contributed by atoms with van der Waals surface area (Å²) in [5, 5.41) is 0.642. The monoisotopic (exact) mass is 281 g/mol. The van der Waals surface area contributed by atoms with Gasteiger partial charge in [-0.1, -0.05) is 23.7 Å². The van der Waals surface area contributed by atoms with Crippen LogP contribution in [0.3, 0.4) is 0 Å². The van der Waals surface area contributed by atoms with Crippen molar-refractivity contribution >= 4 is 23.2 Å². The second-order valence-corrected chi connectivity index (χ2v) is 4.48. The Morgan fingerprint density at radius 1 is 1.17 bits per heavy atom. The molecular weight excluding hydrogens is 269 g/mol. The SMILES string of the molecule is ClCc1c(Cl)cccc1OCCc1cccnc1. The van der Waals surface area contributed by atoms with Gasteiger partial charge in [0.05, 0.1) is 12.5 Å². The first-order valence-corrected chi connectivity index (χ1v) is 6.57. The molecule has 0 aliphatic heterocycles. The lowest BCUT2D eigenvalue weighted by Crippen LogP contribution is -2.03.